The van der Waals surface area contributed by atoms with E-state index in [1.54, 1.807) is 6.20 Å². The van der Waals surface area contributed by atoms with Crippen LogP contribution in [0.3, 0.4) is 0 Å². The molecule has 0 aliphatic carbocycles. The molecular weight excluding hydrogens is 176 g/mol. The van der Waals surface area contributed by atoms with Crippen molar-refractivity contribution in [2.45, 2.75) is 32.4 Å². The zero-order valence-corrected chi connectivity index (χ0v) is 8.66. The molecule has 0 spiro atoms. The fraction of sp³-hybridized carbons (Fsp3) is 0.545. The molecule has 14 heavy (non-hydrogen) atoms. The molecule has 1 N–H and O–H groups in total. The van der Waals surface area contributed by atoms with Gasteiger partial charge in [0.05, 0.1) is 6.20 Å². The van der Waals surface area contributed by atoms with Crippen molar-refractivity contribution in [3.05, 3.63) is 24.0 Å². The van der Waals surface area contributed by atoms with Gasteiger partial charge >= 0.3 is 0 Å². The highest BCUT2D eigenvalue weighted by atomic mass is 16.5. The SMILES string of the molecule is Cc1ccc(O[C@@H]2CN[C@@H](C)C2)cn1. The molecule has 0 saturated carbocycles. The highest BCUT2D eigenvalue weighted by Gasteiger charge is 2.21. The van der Waals surface area contributed by atoms with Gasteiger partial charge in [0.1, 0.15) is 11.9 Å². The minimum absolute atomic E-state index is 0.300. The van der Waals surface area contributed by atoms with E-state index < -0.39 is 0 Å². The van der Waals surface area contributed by atoms with Crippen molar-refractivity contribution in [3.63, 3.8) is 0 Å². The van der Waals surface area contributed by atoms with E-state index in [1.807, 2.05) is 19.1 Å². The van der Waals surface area contributed by atoms with Crippen molar-refractivity contribution in [1.29, 1.82) is 0 Å². The van der Waals surface area contributed by atoms with Crippen LogP contribution in [0.5, 0.6) is 5.75 Å². The summed E-state index contributed by atoms with van der Waals surface area (Å²) in [5.74, 6) is 0.872. The lowest BCUT2D eigenvalue weighted by atomic mass is 10.2. The van der Waals surface area contributed by atoms with Gasteiger partial charge in [0.25, 0.3) is 0 Å². The Morgan fingerprint density at radius 1 is 1.50 bits per heavy atom. The van der Waals surface area contributed by atoms with Gasteiger partial charge in [-0.1, -0.05) is 0 Å². The van der Waals surface area contributed by atoms with Crippen LogP contribution in [0.15, 0.2) is 18.3 Å². The number of nitrogens with one attached hydrogen (secondary N) is 1. The Bertz CT molecular complexity index is 297. The van der Waals surface area contributed by atoms with Crippen molar-refractivity contribution in [2.24, 2.45) is 0 Å². The van der Waals surface area contributed by atoms with Gasteiger partial charge in [-0.3, -0.25) is 4.98 Å². The lowest BCUT2D eigenvalue weighted by Crippen LogP contribution is -2.20. The first-order valence-electron chi connectivity index (χ1n) is 5.07. The van der Waals surface area contributed by atoms with Crippen LogP contribution in [0.2, 0.25) is 0 Å². The number of nitrogens with zero attached hydrogens (tertiary/aromatic N) is 1. The van der Waals surface area contributed by atoms with Crippen LogP contribution in [0, 0.1) is 6.92 Å². The lowest BCUT2D eigenvalue weighted by Gasteiger charge is -2.11. The van der Waals surface area contributed by atoms with Crippen LogP contribution < -0.4 is 10.1 Å². The molecule has 1 aliphatic rings. The molecule has 1 aromatic heterocycles. The molecule has 2 heterocycles. The number of pyridine rings is 1. The molecule has 1 aromatic rings. The summed E-state index contributed by atoms with van der Waals surface area (Å²) in [6, 6.07) is 4.52. The van der Waals surface area contributed by atoms with Crippen molar-refractivity contribution in [2.75, 3.05) is 6.54 Å². The second kappa shape index (κ2) is 3.96. The maximum Gasteiger partial charge on any atom is 0.138 e. The van der Waals surface area contributed by atoms with Gasteiger partial charge in [0.2, 0.25) is 0 Å². The standard InChI is InChI=1S/C11H16N2O/c1-8-3-4-10(6-12-8)14-11-5-9(2)13-7-11/h3-4,6,9,11,13H,5,7H2,1-2H3/t9-,11-/m0/s1. The van der Waals surface area contributed by atoms with E-state index in [-0.39, 0.29) is 0 Å². The van der Waals surface area contributed by atoms with Crippen LogP contribution in [0.25, 0.3) is 0 Å². The first-order chi connectivity index (χ1) is 6.74. The highest BCUT2D eigenvalue weighted by Crippen LogP contribution is 2.16. The minimum atomic E-state index is 0.300. The van der Waals surface area contributed by atoms with Crippen molar-refractivity contribution in [1.82, 2.24) is 10.3 Å². The van der Waals surface area contributed by atoms with Gasteiger partial charge < -0.3 is 10.1 Å². The van der Waals surface area contributed by atoms with Crippen LogP contribution in [-0.4, -0.2) is 23.7 Å². The first-order valence-corrected chi connectivity index (χ1v) is 5.07. The zero-order valence-electron chi connectivity index (χ0n) is 8.66. The zero-order chi connectivity index (χ0) is 9.97. The van der Waals surface area contributed by atoms with Gasteiger partial charge in [-0.05, 0) is 26.0 Å². The van der Waals surface area contributed by atoms with Crippen LogP contribution in [0.4, 0.5) is 0 Å². The lowest BCUT2D eigenvalue weighted by molar-refractivity contribution is 0.219. The fourth-order valence-electron chi connectivity index (χ4n) is 1.70. The number of hydrogen-bond donors (Lipinski definition) is 1. The Labute approximate surface area is 84.5 Å². The number of rotatable bonds is 2. The monoisotopic (exact) mass is 192 g/mol. The van der Waals surface area contributed by atoms with E-state index in [2.05, 4.69) is 17.2 Å². The molecule has 3 nitrogen and oxygen atoms in total. The summed E-state index contributed by atoms with van der Waals surface area (Å²) in [6.07, 6.45) is 3.17. The highest BCUT2D eigenvalue weighted by molar-refractivity contribution is 5.19. The average Bonchev–Trinajstić information content (AvgIpc) is 2.56. The van der Waals surface area contributed by atoms with E-state index in [0.717, 1.165) is 24.4 Å². The summed E-state index contributed by atoms with van der Waals surface area (Å²) in [5.41, 5.74) is 1.02. The van der Waals surface area contributed by atoms with Gasteiger partial charge in [-0.25, -0.2) is 0 Å². The molecule has 0 bridgehead atoms. The quantitative estimate of drug-likeness (QED) is 0.771. The molecule has 1 aliphatic heterocycles. The second-order valence-electron chi connectivity index (χ2n) is 3.92. The molecule has 0 radical (unpaired) electrons. The smallest absolute Gasteiger partial charge is 0.138 e. The third-order valence-corrected chi connectivity index (χ3v) is 2.50. The van der Waals surface area contributed by atoms with E-state index in [9.17, 15) is 0 Å². The maximum absolute atomic E-state index is 5.78. The van der Waals surface area contributed by atoms with Crippen molar-refractivity contribution in [3.8, 4) is 5.75 Å². The number of aryl methyl sites for hydroxylation is 1. The topological polar surface area (TPSA) is 34.1 Å². The predicted molar refractivity (Wildman–Crippen MR) is 55.5 cm³/mol. The first kappa shape index (κ1) is 9.46. The number of hydrogen-bond acceptors (Lipinski definition) is 3. The van der Waals surface area contributed by atoms with E-state index in [0.29, 0.717) is 12.1 Å². The van der Waals surface area contributed by atoms with Crippen molar-refractivity contribution >= 4 is 0 Å². The minimum Gasteiger partial charge on any atom is -0.487 e. The van der Waals surface area contributed by atoms with Crippen LogP contribution in [-0.2, 0) is 0 Å². The van der Waals surface area contributed by atoms with E-state index >= 15 is 0 Å². The Kier molecular flexibility index (Phi) is 2.68. The van der Waals surface area contributed by atoms with Crippen LogP contribution >= 0.6 is 0 Å². The predicted octanol–water partition coefficient (Wildman–Crippen LogP) is 1.52. The number of ether oxygens (including phenoxy) is 1. The Morgan fingerprint density at radius 3 is 2.93 bits per heavy atom. The van der Waals surface area contributed by atoms with Crippen molar-refractivity contribution < 1.29 is 4.74 Å². The summed E-state index contributed by atoms with van der Waals surface area (Å²) in [5, 5.41) is 3.36. The largest absolute Gasteiger partial charge is 0.487 e. The Hall–Kier alpha value is -1.09. The maximum atomic E-state index is 5.78. The molecule has 2 rings (SSSR count). The van der Waals surface area contributed by atoms with Gasteiger partial charge in [0, 0.05) is 24.7 Å². The van der Waals surface area contributed by atoms with Gasteiger partial charge in [-0.15, -0.1) is 0 Å². The normalized spacial score (nSPS) is 26.4. The molecule has 1 saturated heterocycles. The fourth-order valence-corrected chi connectivity index (χ4v) is 1.70. The van der Waals surface area contributed by atoms with Gasteiger partial charge in [-0.2, -0.15) is 0 Å². The summed E-state index contributed by atoms with van der Waals surface area (Å²) in [6.45, 7) is 5.09. The molecule has 2 atom stereocenters. The van der Waals surface area contributed by atoms with E-state index in [1.165, 1.54) is 0 Å². The van der Waals surface area contributed by atoms with Crippen LogP contribution in [0.1, 0.15) is 19.0 Å². The second-order valence-corrected chi connectivity index (χ2v) is 3.92. The molecule has 0 amide bonds. The molecule has 76 valence electrons. The molecular formula is C11H16N2O. The number of aromatic nitrogens is 1. The summed E-state index contributed by atoms with van der Waals surface area (Å²) in [4.78, 5) is 4.19. The Balaban J connectivity index is 1.94. The van der Waals surface area contributed by atoms with Gasteiger partial charge in [0.15, 0.2) is 0 Å². The third-order valence-electron chi connectivity index (χ3n) is 2.50. The Morgan fingerprint density at radius 2 is 2.36 bits per heavy atom. The third kappa shape index (κ3) is 2.23. The summed E-state index contributed by atoms with van der Waals surface area (Å²) in [7, 11) is 0. The molecule has 3 heteroatoms. The summed E-state index contributed by atoms with van der Waals surface area (Å²) < 4.78 is 5.78. The van der Waals surface area contributed by atoms with E-state index in [4.69, 9.17) is 4.74 Å². The average molecular weight is 192 g/mol. The molecule has 0 unspecified atom stereocenters. The summed E-state index contributed by atoms with van der Waals surface area (Å²) >= 11 is 0. The molecule has 0 aromatic carbocycles. The molecule has 1 fully saturated rings.